The zero-order valence-corrected chi connectivity index (χ0v) is 10.0. The molecule has 4 heteroatoms. The molecule has 0 aliphatic carbocycles. The van der Waals surface area contributed by atoms with Gasteiger partial charge in [0.05, 0.1) is 6.04 Å². The van der Waals surface area contributed by atoms with Gasteiger partial charge in [-0.25, -0.2) is 0 Å². The van der Waals surface area contributed by atoms with E-state index in [4.69, 9.17) is 5.73 Å². The third kappa shape index (κ3) is 4.40. The largest absolute Gasteiger partial charge is 0.350 e. The first-order valence-corrected chi connectivity index (χ1v) is 5.35. The minimum absolute atomic E-state index is 0.128. The minimum atomic E-state index is -0.525. The Balaban J connectivity index is 2.53. The van der Waals surface area contributed by atoms with Crippen LogP contribution in [0.15, 0.2) is 24.5 Å². The van der Waals surface area contributed by atoms with E-state index in [0.29, 0.717) is 6.42 Å². The number of nitrogens with zero attached hydrogens (tertiary/aromatic N) is 1. The van der Waals surface area contributed by atoms with Gasteiger partial charge in [-0.3, -0.25) is 9.78 Å². The highest BCUT2D eigenvalue weighted by atomic mass is 16.2. The van der Waals surface area contributed by atoms with Crippen LogP contribution in [0.4, 0.5) is 0 Å². The lowest BCUT2D eigenvalue weighted by atomic mass is 10.0. The monoisotopic (exact) mass is 221 g/mol. The zero-order valence-electron chi connectivity index (χ0n) is 10.0. The van der Waals surface area contributed by atoms with Crippen LogP contribution in [0.2, 0.25) is 0 Å². The molecule has 0 fully saturated rings. The van der Waals surface area contributed by atoms with Gasteiger partial charge < -0.3 is 11.1 Å². The van der Waals surface area contributed by atoms with Crippen molar-refractivity contribution in [3.8, 4) is 0 Å². The average Bonchev–Trinajstić information content (AvgIpc) is 2.16. The summed E-state index contributed by atoms with van der Waals surface area (Å²) in [6.07, 6.45) is 3.93. The molecule has 1 aromatic heterocycles. The highest BCUT2D eigenvalue weighted by Crippen LogP contribution is 2.03. The highest BCUT2D eigenvalue weighted by molar-refractivity contribution is 5.82. The van der Waals surface area contributed by atoms with Crippen LogP contribution in [0.3, 0.4) is 0 Å². The van der Waals surface area contributed by atoms with Crippen LogP contribution in [0.25, 0.3) is 0 Å². The normalized spacial score (nSPS) is 13.2. The molecular formula is C12H19N3O. The second kappa shape index (κ2) is 5.07. The van der Waals surface area contributed by atoms with Gasteiger partial charge in [0.15, 0.2) is 0 Å². The molecule has 1 aromatic rings. The molecule has 0 spiro atoms. The SMILES string of the molecule is CC(C)(C)NC(=O)C(N)Cc1cccnc1. The number of nitrogens with two attached hydrogens (primary N) is 1. The van der Waals surface area contributed by atoms with E-state index in [0.717, 1.165) is 5.56 Å². The molecule has 1 atom stereocenters. The van der Waals surface area contributed by atoms with Crippen molar-refractivity contribution >= 4 is 5.91 Å². The maximum atomic E-state index is 11.7. The van der Waals surface area contributed by atoms with E-state index in [-0.39, 0.29) is 11.4 Å². The van der Waals surface area contributed by atoms with E-state index >= 15 is 0 Å². The van der Waals surface area contributed by atoms with Crippen LogP contribution in [0.5, 0.6) is 0 Å². The van der Waals surface area contributed by atoms with E-state index in [1.807, 2.05) is 32.9 Å². The first-order valence-electron chi connectivity index (χ1n) is 5.35. The Hall–Kier alpha value is -1.42. The van der Waals surface area contributed by atoms with Crippen molar-refractivity contribution in [1.29, 1.82) is 0 Å². The Morgan fingerprint density at radius 3 is 2.75 bits per heavy atom. The van der Waals surface area contributed by atoms with Crippen LogP contribution in [0.1, 0.15) is 26.3 Å². The number of carbonyl (C=O) groups excluding carboxylic acids is 1. The number of hydrogen-bond acceptors (Lipinski definition) is 3. The topological polar surface area (TPSA) is 68.0 Å². The van der Waals surface area contributed by atoms with Gasteiger partial charge in [-0.15, -0.1) is 0 Å². The van der Waals surface area contributed by atoms with Crippen molar-refractivity contribution in [2.75, 3.05) is 0 Å². The molecule has 0 radical (unpaired) electrons. The number of nitrogens with one attached hydrogen (secondary N) is 1. The lowest BCUT2D eigenvalue weighted by Crippen LogP contribution is -2.49. The van der Waals surface area contributed by atoms with E-state index in [1.54, 1.807) is 12.4 Å². The number of pyridine rings is 1. The van der Waals surface area contributed by atoms with Crippen LogP contribution in [0, 0.1) is 0 Å². The standard InChI is InChI=1S/C12H19N3O/c1-12(2,3)15-11(16)10(13)7-9-5-4-6-14-8-9/h4-6,8,10H,7,13H2,1-3H3,(H,15,16). The summed E-state index contributed by atoms with van der Waals surface area (Å²) in [4.78, 5) is 15.7. The van der Waals surface area contributed by atoms with Gasteiger partial charge >= 0.3 is 0 Å². The van der Waals surface area contributed by atoms with Crippen molar-refractivity contribution in [3.63, 3.8) is 0 Å². The molecule has 88 valence electrons. The molecule has 1 unspecified atom stereocenters. The van der Waals surface area contributed by atoms with Gasteiger partial charge in [0.25, 0.3) is 0 Å². The lowest BCUT2D eigenvalue weighted by Gasteiger charge is -2.23. The van der Waals surface area contributed by atoms with Crippen LogP contribution in [-0.2, 0) is 11.2 Å². The molecule has 0 saturated carbocycles. The third-order valence-electron chi connectivity index (χ3n) is 2.01. The van der Waals surface area contributed by atoms with E-state index < -0.39 is 6.04 Å². The maximum Gasteiger partial charge on any atom is 0.237 e. The highest BCUT2D eigenvalue weighted by Gasteiger charge is 2.19. The molecule has 4 nitrogen and oxygen atoms in total. The van der Waals surface area contributed by atoms with Gasteiger partial charge in [-0.2, -0.15) is 0 Å². The molecule has 16 heavy (non-hydrogen) atoms. The van der Waals surface area contributed by atoms with Crippen LogP contribution in [-0.4, -0.2) is 22.5 Å². The molecule has 1 heterocycles. The number of hydrogen-bond donors (Lipinski definition) is 2. The first kappa shape index (κ1) is 12.6. The van der Waals surface area contributed by atoms with Crippen molar-refractivity contribution in [2.45, 2.75) is 38.8 Å². The Morgan fingerprint density at radius 1 is 1.56 bits per heavy atom. The quantitative estimate of drug-likeness (QED) is 0.795. The van der Waals surface area contributed by atoms with Crippen molar-refractivity contribution in [3.05, 3.63) is 30.1 Å². The lowest BCUT2D eigenvalue weighted by molar-refractivity contribution is -0.123. The second-order valence-corrected chi connectivity index (χ2v) is 4.91. The number of carbonyl (C=O) groups is 1. The molecule has 1 rings (SSSR count). The molecular weight excluding hydrogens is 202 g/mol. The molecule has 0 saturated heterocycles. The maximum absolute atomic E-state index is 11.7. The minimum Gasteiger partial charge on any atom is -0.350 e. The van der Waals surface area contributed by atoms with Crippen LogP contribution < -0.4 is 11.1 Å². The predicted molar refractivity (Wildman–Crippen MR) is 63.8 cm³/mol. The summed E-state index contributed by atoms with van der Waals surface area (Å²) in [6.45, 7) is 5.80. The smallest absolute Gasteiger partial charge is 0.237 e. The third-order valence-corrected chi connectivity index (χ3v) is 2.01. The van der Waals surface area contributed by atoms with Crippen molar-refractivity contribution in [1.82, 2.24) is 10.3 Å². The fourth-order valence-corrected chi connectivity index (χ4v) is 1.33. The summed E-state index contributed by atoms with van der Waals surface area (Å²) in [5.41, 5.74) is 6.54. The summed E-state index contributed by atoms with van der Waals surface area (Å²) in [7, 11) is 0. The summed E-state index contributed by atoms with van der Waals surface area (Å²) >= 11 is 0. The van der Waals surface area contributed by atoms with Gasteiger partial charge in [-0.1, -0.05) is 6.07 Å². The molecule has 3 N–H and O–H groups in total. The zero-order chi connectivity index (χ0) is 12.2. The Morgan fingerprint density at radius 2 is 2.25 bits per heavy atom. The van der Waals surface area contributed by atoms with Crippen molar-refractivity contribution < 1.29 is 4.79 Å². The van der Waals surface area contributed by atoms with Gasteiger partial charge in [0, 0.05) is 17.9 Å². The fourth-order valence-electron chi connectivity index (χ4n) is 1.33. The van der Waals surface area contributed by atoms with Gasteiger partial charge in [0.1, 0.15) is 0 Å². The molecule has 0 aromatic carbocycles. The number of aromatic nitrogens is 1. The summed E-state index contributed by atoms with van der Waals surface area (Å²) in [5, 5.41) is 2.85. The van der Waals surface area contributed by atoms with E-state index in [2.05, 4.69) is 10.3 Å². The van der Waals surface area contributed by atoms with Crippen molar-refractivity contribution in [2.24, 2.45) is 5.73 Å². The van der Waals surface area contributed by atoms with Crippen LogP contribution >= 0.6 is 0 Å². The number of amides is 1. The van der Waals surface area contributed by atoms with E-state index in [1.165, 1.54) is 0 Å². The van der Waals surface area contributed by atoms with E-state index in [9.17, 15) is 4.79 Å². The Bertz CT molecular complexity index is 343. The summed E-state index contributed by atoms with van der Waals surface area (Å²) < 4.78 is 0. The average molecular weight is 221 g/mol. The Labute approximate surface area is 96.3 Å². The van der Waals surface area contributed by atoms with Gasteiger partial charge in [-0.05, 0) is 38.8 Å². The summed E-state index contributed by atoms with van der Waals surface area (Å²) in [5.74, 6) is -0.128. The molecule has 0 aliphatic rings. The molecule has 1 amide bonds. The Kier molecular flexibility index (Phi) is 4.01. The fraction of sp³-hybridized carbons (Fsp3) is 0.500. The second-order valence-electron chi connectivity index (χ2n) is 4.91. The predicted octanol–water partition coefficient (Wildman–Crippen LogP) is 0.866. The summed E-state index contributed by atoms with van der Waals surface area (Å²) in [6, 6.07) is 3.23. The number of rotatable bonds is 3. The molecule has 0 aliphatic heterocycles. The van der Waals surface area contributed by atoms with Gasteiger partial charge in [0.2, 0.25) is 5.91 Å². The first-order chi connectivity index (χ1) is 7.38. The molecule has 0 bridgehead atoms.